The predicted octanol–water partition coefficient (Wildman–Crippen LogP) is 3.67. The zero-order valence-electron chi connectivity index (χ0n) is 21.1. The van der Waals surface area contributed by atoms with E-state index in [1.165, 1.54) is 0 Å². The fourth-order valence-corrected chi connectivity index (χ4v) is 4.27. The van der Waals surface area contributed by atoms with Gasteiger partial charge in [0.1, 0.15) is 17.3 Å². The van der Waals surface area contributed by atoms with Crippen molar-refractivity contribution < 1.29 is 38.4 Å². The van der Waals surface area contributed by atoms with Crippen LogP contribution in [0.15, 0.2) is 30.3 Å². The molecule has 1 spiro atoms. The van der Waals surface area contributed by atoms with Crippen LogP contribution >= 0.6 is 0 Å². The summed E-state index contributed by atoms with van der Waals surface area (Å²) in [6.07, 6.45) is -0.431. The Balaban J connectivity index is 1.94. The molecule has 1 saturated heterocycles. The lowest BCUT2D eigenvalue weighted by Crippen LogP contribution is -2.63. The Morgan fingerprint density at radius 3 is 2.18 bits per heavy atom. The second-order valence-electron chi connectivity index (χ2n) is 11.1. The van der Waals surface area contributed by atoms with E-state index in [9.17, 15) is 14.7 Å². The number of carbonyl (C=O) groups excluding carboxylic acids is 2. The normalized spacial score (nSPS) is 25.3. The average molecular weight is 479 g/mol. The maximum absolute atomic E-state index is 13.6. The summed E-state index contributed by atoms with van der Waals surface area (Å²) in [7, 11) is 0. The van der Waals surface area contributed by atoms with E-state index in [1.807, 2.05) is 30.3 Å². The van der Waals surface area contributed by atoms with Gasteiger partial charge in [0.05, 0.1) is 13.2 Å². The quantitative estimate of drug-likeness (QED) is 0.593. The summed E-state index contributed by atoms with van der Waals surface area (Å²) in [6, 6.07) is 9.44. The Hall–Kier alpha value is -2.00. The van der Waals surface area contributed by atoms with Gasteiger partial charge in [0.15, 0.2) is 5.79 Å². The number of benzene rings is 1. The van der Waals surface area contributed by atoms with Gasteiger partial charge in [0, 0.05) is 12.8 Å². The molecule has 1 N–H and O–H groups in total. The fraction of sp³-hybridized carbons (Fsp3) is 0.692. The molecule has 0 bridgehead atoms. The molecule has 1 aliphatic carbocycles. The van der Waals surface area contributed by atoms with Crippen LogP contribution in [0, 0.1) is 0 Å². The first-order chi connectivity index (χ1) is 15.8. The van der Waals surface area contributed by atoms with Crippen LogP contribution in [0.25, 0.3) is 0 Å². The molecule has 34 heavy (non-hydrogen) atoms. The lowest BCUT2D eigenvalue weighted by atomic mass is 9.89. The summed E-state index contributed by atoms with van der Waals surface area (Å²) >= 11 is 0. The third-order valence-corrected chi connectivity index (χ3v) is 5.66. The van der Waals surface area contributed by atoms with Gasteiger partial charge in [-0.1, -0.05) is 30.3 Å². The van der Waals surface area contributed by atoms with Gasteiger partial charge in [0.2, 0.25) is 11.7 Å². The molecule has 8 nitrogen and oxygen atoms in total. The summed E-state index contributed by atoms with van der Waals surface area (Å²) in [4.78, 5) is 26.9. The van der Waals surface area contributed by atoms with Gasteiger partial charge < -0.3 is 28.8 Å². The summed E-state index contributed by atoms with van der Waals surface area (Å²) in [5, 5.41) is 11.4. The number of carbonyl (C=O) groups is 2. The number of rotatable bonds is 7. The van der Waals surface area contributed by atoms with Crippen molar-refractivity contribution in [3.05, 3.63) is 35.9 Å². The smallest absolute Gasteiger partial charge is 0.345 e. The topological polar surface area (TPSA) is 101 Å². The number of ether oxygens (including phenoxy) is 5. The molecule has 3 atom stereocenters. The monoisotopic (exact) mass is 478 g/mol. The van der Waals surface area contributed by atoms with Gasteiger partial charge in [0.25, 0.3) is 0 Å². The second kappa shape index (κ2) is 9.93. The first kappa shape index (κ1) is 26.6. The predicted molar refractivity (Wildman–Crippen MR) is 124 cm³/mol. The zero-order chi connectivity index (χ0) is 25.2. The minimum absolute atomic E-state index is 0.214. The lowest BCUT2D eigenvalue weighted by Gasteiger charge is -2.37. The molecule has 3 rings (SSSR count). The largest absolute Gasteiger partial charge is 0.458 e. The van der Waals surface area contributed by atoms with Crippen molar-refractivity contribution in [2.45, 2.75) is 109 Å². The van der Waals surface area contributed by atoms with Gasteiger partial charge in [-0.25, -0.2) is 9.59 Å². The highest BCUT2D eigenvalue weighted by atomic mass is 16.8. The van der Waals surface area contributed by atoms with Gasteiger partial charge in [-0.2, -0.15) is 0 Å². The lowest BCUT2D eigenvalue weighted by molar-refractivity contribution is -0.226. The number of esters is 2. The Morgan fingerprint density at radius 1 is 1.03 bits per heavy atom. The molecule has 0 aromatic heterocycles. The molecule has 1 aliphatic heterocycles. The van der Waals surface area contributed by atoms with Gasteiger partial charge in [-0.05, 0) is 59.9 Å². The van der Waals surface area contributed by atoms with Crippen LogP contribution in [0.2, 0.25) is 0 Å². The maximum Gasteiger partial charge on any atom is 0.345 e. The van der Waals surface area contributed by atoms with Crippen molar-refractivity contribution in [3.8, 4) is 0 Å². The molecule has 0 radical (unpaired) electrons. The molecule has 1 aromatic rings. The summed E-state index contributed by atoms with van der Waals surface area (Å²) < 4.78 is 29.4. The van der Waals surface area contributed by atoms with Crippen LogP contribution in [0.5, 0.6) is 0 Å². The molecule has 2 aliphatic rings. The van der Waals surface area contributed by atoms with Crippen molar-refractivity contribution in [1.29, 1.82) is 0 Å². The van der Waals surface area contributed by atoms with E-state index in [0.717, 1.165) is 18.4 Å². The summed E-state index contributed by atoms with van der Waals surface area (Å²) in [5.41, 5.74) is -2.94. The molecule has 1 heterocycles. The molecular weight excluding hydrogens is 440 g/mol. The Morgan fingerprint density at radius 2 is 1.62 bits per heavy atom. The SMILES string of the molecule is CC(C)(C)OC(=O)[C@H]1OC2(CCCC2)O[C@]1(C(=O)OC(C)(C)C)[C@H](O)COCc1ccccc1. The first-order valence-electron chi connectivity index (χ1n) is 11.9. The number of hydrogen-bond donors (Lipinski definition) is 1. The van der Waals surface area contributed by atoms with E-state index < -0.39 is 46.7 Å². The van der Waals surface area contributed by atoms with Crippen molar-refractivity contribution in [2.75, 3.05) is 6.61 Å². The Bertz CT molecular complexity index is 848. The molecule has 1 saturated carbocycles. The van der Waals surface area contributed by atoms with E-state index in [0.29, 0.717) is 12.8 Å². The standard InChI is InChI=1S/C26H38O8/c1-23(2,3)32-21(28)20-26(22(29)33-24(4,5)6,34-25(31-20)14-10-11-15-25)19(27)17-30-16-18-12-8-7-9-13-18/h7-9,12-13,19-20,27H,10-11,14-17H2,1-6H3/t19-,20-,26-/m1/s1. The molecule has 8 heteroatoms. The molecular formula is C26H38O8. The molecule has 2 fully saturated rings. The molecule has 1 aromatic carbocycles. The van der Waals surface area contributed by atoms with Crippen LogP contribution in [-0.2, 0) is 39.9 Å². The highest BCUT2D eigenvalue weighted by Crippen LogP contribution is 2.49. The number of hydrogen-bond acceptors (Lipinski definition) is 8. The van der Waals surface area contributed by atoms with Crippen LogP contribution in [0.3, 0.4) is 0 Å². The zero-order valence-corrected chi connectivity index (χ0v) is 21.1. The van der Waals surface area contributed by atoms with Crippen LogP contribution in [0.1, 0.15) is 72.8 Å². The highest BCUT2D eigenvalue weighted by Gasteiger charge is 2.69. The minimum atomic E-state index is -2.13. The highest BCUT2D eigenvalue weighted by molar-refractivity contribution is 5.91. The van der Waals surface area contributed by atoms with Gasteiger partial charge in [-0.15, -0.1) is 0 Å². The fourth-order valence-electron chi connectivity index (χ4n) is 4.27. The van der Waals surface area contributed by atoms with Gasteiger partial charge >= 0.3 is 11.9 Å². The third-order valence-electron chi connectivity index (χ3n) is 5.66. The van der Waals surface area contributed by atoms with E-state index in [4.69, 9.17) is 23.7 Å². The Labute approximate surface area is 201 Å². The third kappa shape index (κ3) is 6.16. The van der Waals surface area contributed by atoms with Crippen molar-refractivity contribution in [3.63, 3.8) is 0 Å². The second-order valence-corrected chi connectivity index (χ2v) is 11.1. The van der Waals surface area contributed by atoms with E-state index in [1.54, 1.807) is 41.5 Å². The van der Waals surface area contributed by atoms with Crippen molar-refractivity contribution >= 4 is 11.9 Å². The molecule has 190 valence electrons. The van der Waals surface area contributed by atoms with Gasteiger partial charge in [-0.3, -0.25) is 0 Å². The Kier molecular flexibility index (Phi) is 7.77. The van der Waals surface area contributed by atoms with E-state index in [-0.39, 0.29) is 13.2 Å². The maximum atomic E-state index is 13.6. The van der Waals surface area contributed by atoms with E-state index >= 15 is 0 Å². The van der Waals surface area contributed by atoms with Crippen LogP contribution in [0.4, 0.5) is 0 Å². The summed E-state index contributed by atoms with van der Waals surface area (Å²) in [6.45, 7) is 10.2. The van der Waals surface area contributed by atoms with Crippen molar-refractivity contribution in [2.24, 2.45) is 0 Å². The number of aliphatic hydroxyl groups is 1. The van der Waals surface area contributed by atoms with E-state index in [2.05, 4.69) is 0 Å². The minimum Gasteiger partial charge on any atom is -0.458 e. The summed E-state index contributed by atoms with van der Waals surface area (Å²) in [5.74, 6) is -2.83. The van der Waals surface area contributed by atoms with Crippen LogP contribution in [-0.4, -0.2) is 58.5 Å². The van der Waals surface area contributed by atoms with Crippen molar-refractivity contribution in [1.82, 2.24) is 0 Å². The van der Waals surface area contributed by atoms with Crippen LogP contribution < -0.4 is 0 Å². The molecule has 0 amide bonds. The number of aliphatic hydroxyl groups excluding tert-OH is 1. The first-order valence-corrected chi connectivity index (χ1v) is 11.9. The molecule has 0 unspecified atom stereocenters. The average Bonchev–Trinajstić information content (AvgIpc) is 3.32.